The van der Waals surface area contributed by atoms with Crippen LogP contribution < -0.4 is 10.1 Å². The van der Waals surface area contributed by atoms with Gasteiger partial charge < -0.3 is 15.2 Å². The molecule has 1 fully saturated rings. The highest BCUT2D eigenvalue weighted by Gasteiger charge is 2.43. The molecule has 0 bridgehead atoms. The lowest BCUT2D eigenvalue weighted by Crippen LogP contribution is -2.14. The summed E-state index contributed by atoms with van der Waals surface area (Å²) < 4.78 is 5.42. The third-order valence-electron chi connectivity index (χ3n) is 3.76. The van der Waals surface area contributed by atoms with Crippen LogP contribution in [0, 0.1) is 5.92 Å². The highest BCUT2D eigenvalue weighted by molar-refractivity contribution is 5.95. The smallest absolute Gasteiger partial charge is 0.228 e. The van der Waals surface area contributed by atoms with Crippen LogP contribution in [0.15, 0.2) is 42.6 Å². The summed E-state index contributed by atoms with van der Waals surface area (Å²) in [5.74, 6) is 1.04. The first kappa shape index (κ1) is 14.4. The number of ether oxygens (including phenoxy) is 1. The number of amides is 1. The zero-order valence-electron chi connectivity index (χ0n) is 12.3. The van der Waals surface area contributed by atoms with Gasteiger partial charge >= 0.3 is 0 Å². The summed E-state index contributed by atoms with van der Waals surface area (Å²) in [6, 6.07) is 11.0. The summed E-state index contributed by atoms with van der Waals surface area (Å²) in [5, 5.41) is 12.0. The summed E-state index contributed by atoms with van der Waals surface area (Å²) in [5.41, 5.74) is 1.76. The van der Waals surface area contributed by atoms with Gasteiger partial charge in [0.2, 0.25) is 11.8 Å². The summed E-state index contributed by atoms with van der Waals surface area (Å²) in [4.78, 5) is 15.9. The molecular weight excluding hydrogens is 280 g/mol. The van der Waals surface area contributed by atoms with Crippen LogP contribution in [0.25, 0.3) is 0 Å². The molecule has 1 amide bonds. The van der Waals surface area contributed by atoms with Gasteiger partial charge in [-0.15, -0.1) is 0 Å². The first-order valence-electron chi connectivity index (χ1n) is 7.36. The van der Waals surface area contributed by atoms with Crippen molar-refractivity contribution in [1.29, 1.82) is 0 Å². The Kier molecular flexibility index (Phi) is 3.96. The van der Waals surface area contributed by atoms with E-state index in [2.05, 4.69) is 10.3 Å². The molecule has 1 heterocycles. The molecule has 1 saturated carbocycles. The molecule has 0 radical (unpaired) electrons. The number of nitrogens with zero attached hydrogens (tertiary/aromatic N) is 1. The maximum Gasteiger partial charge on any atom is 0.228 e. The third kappa shape index (κ3) is 3.19. The molecule has 0 spiro atoms. The number of hydrogen-bond acceptors (Lipinski definition) is 4. The van der Waals surface area contributed by atoms with Crippen molar-refractivity contribution in [2.24, 2.45) is 5.92 Å². The van der Waals surface area contributed by atoms with Crippen molar-refractivity contribution < 1.29 is 14.6 Å². The highest BCUT2D eigenvalue weighted by atomic mass is 16.5. The first-order valence-corrected chi connectivity index (χ1v) is 7.36. The lowest BCUT2D eigenvalue weighted by molar-refractivity contribution is -0.117. The Bertz CT molecular complexity index is 653. The molecule has 2 atom stereocenters. The molecule has 1 aromatic carbocycles. The number of rotatable bonds is 5. The van der Waals surface area contributed by atoms with Crippen LogP contribution in [0.5, 0.6) is 11.6 Å². The van der Waals surface area contributed by atoms with Gasteiger partial charge in [0.15, 0.2) is 0 Å². The fourth-order valence-electron chi connectivity index (χ4n) is 2.53. The summed E-state index contributed by atoms with van der Waals surface area (Å²) in [6.07, 6.45) is 2.30. The van der Waals surface area contributed by atoms with E-state index in [4.69, 9.17) is 9.84 Å². The van der Waals surface area contributed by atoms with Crippen LogP contribution in [-0.2, 0) is 4.79 Å². The van der Waals surface area contributed by atoms with E-state index in [1.807, 2.05) is 31.2 Å². The molecule has 2 aromatic rings. The molecule has 1 aromatic heterocycles. The van der Waals surface area contributed by atoms with Crippen LogP contribution in [0.2, 0.25) is 0 Å². The van der Waals surface area contributed by atoms with Gasteiger partial charge in [-0.05, 0) is 43.0 Å². The molecule has 0 aliphatic heterocycles. The molecular formula is C17H18N2O3. The highest BCUT2D eigenvalue weighted by Crippen LogP contribution is 2.48. The Morgan fingerprint density at radius 3 is 2.73 bits per heavy atom. The quantitative estimate of drug-likeness (QED) is 0.890. The second-order valence-electron chi connectivity index (χ2n) is 5.35. The van der Waals surface area contributed by atoms with Crippen molar-refractivity contribution in [3.63, 3.8) is 0 Å². The number of hydrogen-bond donors (Lipinski definition) is 2. The SMILES string of the molecule is CCOc1ccc(C2CC2C(=O)Nc2ccc(O)nc2)cc1. The maximum absolute atomic E-state index is 12.2. The zero-order chi connectivity index (χ0) is 15.5. The van der Waals surface area contributed by atoms with Gasteiger partial charge in [0.25, 0.3) is 0 Å². The van der Waals surface area contributed by atoms with E-state index in [-0.39, 0.29) is 23.6 Å². The summed E-state index contributed by atoms with van der Waals surface area (Å²) in [7, 11) is 0. The Hall–Kier alpha value is -2.56. The van der Waals surface area contributed by atoms with Gasteiger partial charge in [0.1, 0.15) is 5.75 Å². The summed E-state index contributed by atoms with van der Waals surface area (Å²) >= 11 is 0. The Labute approximate surface area is 129 Å². The van der Waals surface area contributed by atoms with Gasteiger partial charge in [-0.1, -0.05) is 12.1 Å². The second-order valence-corrected chi connectivity index (χ2v) is 5.35. The maximum atomic E-state index is 12.2. The molecule has 22 heavy (non-hydrogen) atoms. The van der Waals surface area contributed by atoms with Crippen LogP contribution in [0.4, 0.5) is 5.69 Å². The third-order valence-corrected chi connectivity index (χ3v) is 3.76. The molecule has 1 aliphatic carbocycles. The molecule has 114 valence electrons. The van der Waals surface area contributed by atoms with E-state index in [0.29, 0.717) is 12.3 Å². The minimum absolute atomic E-state index is 0.00764. The molecule has 2 N–H and O–H groups in total. The van der Waals surface area contributed by atoms with E-state index in [1.54, 1.807) is 6.07 Å². The van der Waals surface area contributed by atoms with Gasteiger partial charge in [-0.25, -0.2) is 4.98 Å². The fraction of sp³-hybridized carbons (Fsp3) is 0.294. The molecule has 5 nitrogen and oxygen atoms in total. The van der Waals surface area contributed by atoms with E-state index < -0.39 is 0 Å². The molecule has 2 unspecified atom stereocenters. The van der Waals surface area contributed by atoms with Crippen molar-refractivity contribution >= 4 is 11.6 Å². The van der Waals surface area contributed by atoms with Crippen molar-refractivity contribution in [2.45, 2.75) is 19.3 Å². The number of anilines is 1. The second kappa shape index (κ2) is 6.05. The van der Waals surface area contributed by atoms with Crippen molar-refractivity contribution in [3.8, 4) is 11.6 Å². The number of carbonyl (C=O) groups excluding carboxylic acids is 1. The van der Waals surface area contributed by atoms with E-state index in [9.17, 15) is 4.79 Å². The fourth-order valence-corrected chi connectivity index (χ4v) is 2.53. The van der Waals surface area contributed by atoms with Crippen LogP contribution in [0.1, 0.15) is 24.8 Å². The van der Waals surface area contributed by atoms with Gasteiger partial charge in [0, 0.05) is 12.0 Å². The van der Waals surface area contributed by atoms with E-state index in [1.165, 1.54) is 12.3 Å². The van der Waals surface area contributed by atoms with Crippen molar-refractivity contribution in [3.05, 3.63) is 48.2 Å². The predicted octanol–water partition coefficient (Wildman–Crippen LogP) is 2.93. The number of aromatic hydroxyl groups is 1. The monoisotopic (exact) mass is 298 g/mol. The van der Waals surface area contributed by atoms with Gasteiger partial charge in [-0.2, -0.15) is 0 Å². The molecule has 3 rings (SSSR count). The molecule has 1 aliphatic rings. The Balaban J connectivity index is 1.59. The van der Waals surface area contributed by atoms with Crippen molar-refractivity contribution in [2.75, 3.05) is 11.9 Å². The van der Waals surface area contributed by atoms with E-state index >= 15 is 0 Å². The minimum atomic E-state index is -0.0586. The van der Waals surface area contributed by atoms with Crippen LogP contribution in [-0.4, -0.2) is 22.6 Å². The number of carbonyl (C=O) groups is 1. The molecule has 0 saturated heterocycles. The lowest BCUT2D eigenvalue weighted by atomic mass is 10.1. The number of aromatic nitrogens is 1. The average Bonchev–Trinajstić information content (AvgIpc) is 3.31. The van der Waals surface area contributed by atoms with E-state index in [0.717, 1.165) is 17.7 Å². The predicted molar refractivity (Wildman–Crippen MR) is 83.0 cm³/mol. The lowest BCUT2D eigenvalue weighted by Gasteiger charge is -2.06. The zero-order valence-corrected chi connectivity index (χ0v) is 12.3. The van der Waals surface area contributed by atoms with Crippen LogP contribution in [0.3, 0.4) is 0 Å². The number of nitrogens with one attached hydrogen (secondary N) is 1. The Morgan fingerprint density at radius 2 is 2.09 bits per heavy atom. The topological polar surface area (TPSA) is 71.5 Å². The number of pyridine rings is 1. The average molecular weight is 298 g/mol. The normalized spacial score (nSPS) is 19.5. The Morgan fingerprint density at radius 1 is 1.32 bits per heavy atom. The molecule has 5 heteroatoms. The van der Waals surface area contributed by atoms with Crippen molar-refractivity contribution in [1.82, 2.24) is 4.98 Å². The first-order chi connectivity index (χ1) is 10.7. The number of benzene rings is 1. The van der Waals surface area contributed by atoms with Gasteiger partial charge in [0.05, 0.1) is 18.5 Å². The largest absolute Gasteiger partial charge is 0.494 e. The standard InChI is InChI=1S/C17H18N2O3/c1-2-22-13-6-3-11(4-7-13)14-9-15(14)17(21)19-12-5-8-16(20)18-10-12/h3-8,10,14-15H,2,9H2,1H3,(H,18,20)(H,19,21). The summed E-state index contributed by atoms with van der Waals surface area (Å²) in [6.45, 7) is 2.60. The minimum Gasteiger partial charge on any atom is -0.494 e. The van der Waals surface area contributed by atoms with Crippen LogP contribution >= 0.6 is 0 Å². The van der Waals surface area contributed by atoms with Gasteiger partial charge in [-0.3, -0.25) is 4.79 Å².